The average Bonchev–Trinajstić information content (AvgIpc) is 3.23. The third kappa shape index (κ3) is 4.58. The highest BCUT2D eigenvalue weighted by atomic mass is 35.5. The van der Waals surface area contributed by atoms with Gasteiger partial charge in [-0.3, -0.25) is 5.32 Å². The molecule has 6 rings (SSSR count). The molecule has 2 aliphatic heterocycles. The van der Waals surface area contributed by atoms with Crippen molar-refractivity contribution in [2.24, 2.45) is 0 Å². The molecule has 1 amide bonds. The Hall–Kier alpha value is -2.79. The van der Waals surface area contributed by atoms with Crippen LogP contribution >= 0.6 is 23.2 Å². The van der Waals surface area contributed by atoms with Crippen LogP contribution in [0.1, 0.15) is 54.8 Å². The van der Waals surface area contributed by atoms with Gasteiger partial charge in [0.25, 0.3) is 6.01 Å². The summed E-state index contributed by atoms with van der Waals surface area (Å²) in [6.45, 7) is 1.84. The summed E-state index contributed by atoms with van der Waals surface area (Å²) in [5.74, 6) is 1.25. The fraction of sp³-hybridized carbons (Fsp3) is 0.435. The molecule has 1 atom stereocenters. The summed E-state index contributed by atoms with van der Waals surface area (Å²) in [7, 11) is 0. The second kappa shape index (κ2) is 9.34. The Morgan fingerprint density at radius 3 is 2.60 bits per heavy atom. The van der Waals surface area contributed by atoms with Gasteiger partial charge in [0.05, 0.1) is 22.8 Å². The topological polar surface area (TPSA) is 115 Å². The molecule has 10 nitrogen and oxygen atoms in total. The second-order valence-corrected chi connectivity index (χ2v) is 9.70. The second-order valence-electron chi connectivity index (χ2n) is 8.88. The molecule has 12 heteroatoms. The van der Waals surface area contributed by atoms with Crippen LogP contribution in [0.4, 0.5) is 10.8 Å². The molecular weight excluding hydrogens is 497 g/mol. The highest BCUT2D eigenvalue weighted by molar-refractivity contribution is 6.39. The number of ether oxygens (including phenoxy) is 1. The number of nitrogens with one attached hydrogen (secondary N) is 2. The van der Waals surface area contributed by atoms with Crippen LogP contribution in [0.15, 0.2) is 33.4 Å². The lowest BCUT2D eigenvalue weighted by Gasteiger charge is -2.30. The number of anilines is 1. The number of piperidine rings is 1. The van der Waals surface area contributed by atoms with Gasteiger partial charge in [-0.05, 0) is 37.8 Å². The molecule has 0 radical (unpaired) electrons. The quantitative estimate of drug-likeness (QED) is 0.447. The van der Waals surface area contributed by atoms with E-state index < -0.39 is 12.3 Å². The van der Waals surface area contributed by atoms with Crippen molar-refractivity contribution in [2.75, 3.05) is 18.0 Å². The van der Waals surface area contributed by atoms with Crippen LogP contribution in [0.25, 0.3) is 11.3 Å². The minimum absolute atomic E-state index is 0.0707. The first-order chi connectivity index (χ1) is 17.1. The Labute approximate surface area is 210 Å². The maximum absolute atomic E-state index is 11.2. The van der Waals surface area contributed by atoms with Crippen LogP contribution in [0.2, 0.25) is 10.0 Å². The van der Waals surface area contributed by atoms with Crippen molar-refractivity contribution in [1.82, 2.24) is 20.9 Å². The van der Waals surface area contributed by atoms with Crippen molar-refractivity contribution in [2.45, 2.75) is 50.5 Å². The molecule has 0 spiro atoms. The number of carbonyl (C=O) groups excluding carboxylic acids is 1. The zero-order chi connectivity index (χ0) is 23.9. The highest BCUT2D eigenvalue weighted by Crippen LogP contribution is 2.46. The van der Waals surface area contributed by atoms with Crippen molar-refractivity contribution < 1.29 is 23.3 Å². The van der Waals surface area contributed by atoms with Gasteiger partial charge in [-0.2, -0.15) is 4.98 Å². The Morgan fingerprint density at radius 2 is 1.91 bits per heavy atom. The van der Waals surface area contributed by atoms with E-state index in [2.05, 4.69) is 30.7 Å². The third-order valence-electron chi connectivity index (χ3n) is 6.48. The lowest BCUT2D eigenvalue weighted by Crippen LogP contribution is -2.37. The number of amides is 1. The zero-order valence-electron chi connectivity index (χ0n) is 18.6. The van der Waals surface area contributed by atoms with Crippen molar-refractivity contribution in [1.29, 1.82) is 0 Å². The molecule has 3 aliphatic rings. The zero-order valence-corrected chi connectivity index (χ0v) is 20.1. The van der Waals surface area contributed by atoms with Crippen molar-refractivity contribution in [3.63, 3.8) is 0 Å². The van der Waals surface area contributed by atoms with E-state index in [0.29, 0.717) is 45.5 Å². The Balaban J connectivity index is 1.10. The maximum atomic E-state index is 11.2. The molecule has 2 saturated heterocycles. The SMILES string of the molecule is O=C1NC(c2coc(N3CCC(OCc4c(-c5c(Cl)cccc5Cl)noc4C4CC4)CC3)n2)NO1. The first kappa shape index (κ1) is 22.7. The minimum Gasteiger partial charge on any atom is -0.432 e. The summed E-state index contributed by atoms with van der Waals surface area (Å²) in [5, 5.41) is 8.00. The fourth-order valence-corrected chi connectivity index (χ4v) is 5.02. The van der Waals surface area contributed by atoms with E-state index in [1.165, 1.54) is 6.26 Å². The molecule has 184 valence electrons. The number of oxazole rings is 1. The molecule has 4 heterocycles. The monoisotopic (exact) mass is 519 g/mol. The van der Waals surface area contributed by atoms with Crippen LogP contribution < -0.4 is 15.7 Å². The number of hydroxylamine groups is 1. The van der Waals surface area contributed by atoms with Gasteiger partial charge in [0.2, 0.25) is 0 Å². The van der Waals surface area contributed by atoms with Gasteiger partial charge in [0.1, 0.15) is 23.4 Å². The number of nitrogens with zero attached hydrogens (tertiary/aromatic N) is 3. The van der Waals surface area contributed by atoms with Crippen LogP contribution in [-0.4, -0.2) is 35.4 Å². The molecule has 1 unspecified atom stereocenters. The highest BCUT2D eigenvalue weighted by Gasteiger charge is 2.34. The Kier molecular flexibility index (Phi) is 6.05. The Morgan fingerprint density at radius 1 is 1.14 bits per heavy atom. The molecule has 1 aliphatic carbocycles. The first-order valence-electron chi connectivity index (χ1n) is 11.5. The standard InChI is InChI=1S/C23H23Cl2N5O5/c24-15-2-1-3-16(25)18(15)19-14(20(34-28-19)12-4-5-12)10-32-13-6-8-30(9-7-13)22-26-17(11-33-22)21-27-23(31)35-29-21/h1-3,11-13,21,29H,4-10H2,(H,27,31). The Bertz CT molecular complexity index is 1210. The van der Waals surface area contributed by atoms with E-state index in [-0.39, 0.29) is 6.10 Å². The number of rotatable bonds is 7. The van der Waals surface area contributed by atoms with Crippen LogP contribution in [-0.2, 0) is 16.2 Å². The molecule has 0 bridgehead atoms. The number of hydrogen-bond acceptors (Lipinski definition) is 9. The van der Waals surface area contributed by atoms with Gasteiger partial charge >= 0.3 is 6.09 Å². The predicted octanol–water partition coefficient (Wildman–Crippen LogP) is 4.94. The van der Waals surface area contributed by atoms with Crippen molar-refractivity contribution in [3.05, 3.63) is 51.5 Å². The summed E-state index contributed by atoms with van der Waals surface area (Å²) in [4.78, 5) is 22.4. The van der Waals surface area contributed by atoms with Gasteiger partial charge < -0.3 is 23.4 Å². The van der Waals surface area contributed by atoms with Gasteiger partial charge in [-0.25, -0.2) is 4.79 Å². The van der Waals surface area contributed by atoms with E-state index in [1.807, 2.05) is 6.07 Å². The average molecular weight is 520 g/mol. The van der Waals surface area contributed by atoms with E-state index in [0.717, 1.165) is 50.1 Å². The molecule has 2 N–H and O–H groups in total. The van der Waals surface area contributed by atoms with Gasteiger partial charge in [0.15, 0.2) is 6.17 Å². The summed E-state index contributed by atoms with van der Waals surface area (Å²) in [5.41, 5.74) is 5.38. The fourth-order valence-electron chi connectivity index (χ4n) is 4.44. The lowest BCUT2D eigenvalue weighted by atomic mass is 10.0. The first-order valence-corrected chi connectivity index (χ1v) is 12.3. The molecule has 1 saturated carbocycles. The van der Waals surface area contributed by atoms with Crippen LogP contribution in [0.3, 0.4) is 0 Å². The van der Waals surface area contributed by atoms with Crippen LogP contribution in [0.5, 0.6) is 0 Å². The number of hydrogen-bond donors (Lipinski definition) is 2. The lowest BCUT2D eigenvalue weighted by molar-refractivity contribution is 0.0241. The molecule has 35 heavy (non-hydrogen) atoms. The normalized spacial score (nSPS) is 20.8. The van der Waals surface area contributed by atoms with E-state index >= 15 is 0 Å². The molecular formula is C23H23Cl2N5O5. The van der Waals surface area contributed by atoms with Gasteiger partial charge in [-0.15, -0.1) is 5.48 Å². The maximum Gasteiger partial charge on any atom is 0.427 e. The number of benzene rings is 1. The van der Waals surface area contributed by atoms with Crippen molar-refractivity contribution >= 4 is 35.3 Å². The van der Waals surface area contributed by atoms with Gasteiger partial charge in [-0.1, -0.05) is 34.4 Å². The summed E-state index contributed by atoms with van der Waals surface area (Å²) >= 11 is 12.9. The summed E-state index contributed by atoms with van der Waals surface area (Å²) in [6, 6.07) is 5.91. The van der Waals surface area contributed by atoms with E-state index in [4.69, 9.17) is 36.9 Å². The summed E-state index contributed by atoms with van der Waals surface area (Å²) in [6.07, 6.45) is 4.30. The van der Waals surface area contributed by atoms with Crippen molar-refractivity contribution in [3.8, 4) is 11.3 Å². The molecule has 2 aromatic heterocycles. The predicted molar refractivity (Wildman–Crippen MR) is 126 cm³/mol. The van der Waals surface area contributed by atoms with Gasteiger partial charge in [0, 0.05) is 30.1 Å². The molecule has 1 aromatic carbocycles. The molecule has 3 fully saturated rings. The number of aromatic nitrogens is 2. The molecule has 3 aromatic rings. The smallest absolute Gasteiger partial charge is 0.427 e. The number of halogens is 2. The number of carbonyl (C=O) groups is 1. The van der Waals surface area contributed by atoms with E-state index in [1.54, 1.807) is 12.1 Å². The van der Waals surface area contributed by atoms with E-state index in [9.17, 15) is 4.79 Å². The van der Waals surface area contributed by atoms with Crippen LogP contribution in [0, 0.1) is 0 Å². The summed E-state index contributed by atoms with van der Waals surface area (Å²) < 4.78 is 17.7. The largest absolute Gasteiger partial charge is 0.432 e. The minimum atomic E-state index is -0.546. The third-order valence-corrected chi connectivity index (χ3v) is 7.11.